The average Bonchev–Trinajstić information content (AvgIpc) is 3.07. The summed E-state index contributed by atoms with van der Waals surface area (Å²) in [5.74, 6) is 0.121. The zero-order valence-corrected chi connectivity index (χ0v) is 11.9. The molecule has 0 aliphatic heterocycles. The molecule has 0 fully saturated rings. The van der Waals surface area contributed by atoms with Gasteiger partial charge in [-0.3, -0.25) is 9.36 Å². The maximum absolute atomic E-state index is 11.4. The highest BCUT2D eigenvalue weighted by Crippen LogP contribution is 2.37. The lowest BCUT2D eigenvalue weighted by molar-refractivity contribution is 0.100. The monoisotopic (exact) mass is 304 g/mol. The summed E-state index contributed by atoms with van der Waals surface area (Å²) in [5.41, 5.74) is 11.5. The zero-order chi connectivity index (χ0) is 15.0. The molecule has 0 aliphatic rings. The molecule has 0 aliphatic carbocycles. The van der Waals surface area contributed by atoms with E-state index in [-0.39, 0.29) is 10.6 Å². The van der Waals surface area contributed by atoms with Crippen LogP contribution in [0.4, 0.5) is 5.69 Å². The molecule has 0 saturated carbocycles. The molecule has 3 rings (SSSR count). The fourth-order valence-electron chi connectivity index (χ4n) is 1.90. The summed E-state index contributed by atoms with van der Waals surface area (Å²) in [6.07, 6.45) is 4.90. The van der Waals surface area contributed by atoms with Gasteiger partial charge in [-0.1, -0.05) is 0 Å². The first-order valence-corrected chi connectivity index (χ1v) is 6.94. The number of carbonyl (C=O) groups is 1. The van der Waals surface area contributed by atoms with Gasteiger partial charge in [0.15, 0.2) is 0 Å². The van der Waals surface area contributed by atoms with Gasteiger partial charge in [-0.25, -0.2) is 9.97 Å². The molecule has 21 heavy (non-hydrogen) atoms. The van der Waals surface area contributed by atoms with Crippen molar-refractivity contribution >= 4 is 33.1 Å². The molecule has 1 amide bonds. The molecule has 3 heterocycles. The Hall–Kier alpha value is -2.68. The molecule has 4 N–H and O–H groups in total. The van der Waals surface area contributed by atoms with E-state index in [0.717, 1.165) is 11.3 Å². The van der Waals surface area contributed by atoms with Crippen molar-refractivity contribution < 1.29 is 9.53 Å². The topological polar surface area (TPSA) is 122 Å². The molecule has 108 valence electrons. The standard InChI is InChI=1S/C12H12N6O2S/c1-2-20-10-6-7(13)8(9(14)19)21-11(6)17-12(16-10)18-4-3-15-5-18/h3-5H,2,13H2,1H3,(H2,14,19). The second-order valence-corrected chi connectivity index (χ2v) is 5.12. The van der Waals surface area contributed by atoms with Crippen LogP contribution in [0.1, 0.15) is 16.6 Å². The van der Waals surface area contributed by atoms with Gasteiger partial charge in [0, 0.05) is 12.4 Å². The first-order chi connectivity index (χ1) is 10.1. The van der Waals surface area contributed by atoms with Crippen LogP contribution in [0.15, 0.2) is 18.7 Å². The lowest BCUT2D eigenvalue weighted by atomic mass is 10.3. The van der Waals surface area contributed by atoms with E-state index < -0.39 is 5.91 Å². The molecule has 3 aromatic heterocycles. The Bertz CT molecular complexity index is 811. The summed E-state index contributed by atoms with van der Waals surface area (Å²) < 4.78 is 7.16. The van der Waals surface area contributed by atoms with E-state index in [4.69, 9.17) is 16.2 Å². The van der Waals surface area contributed by atoms with E-state index in [1.807, 2.05) is 6.92 Å². The molecule has 0 bridgehead atoms. The van der Waals surface area contributed by atoms with Gasteiger partial charge < -0.3 is 16.2 Å². The van der Waals surface area contributed by atoms with Crippen LogP contribution in [-0.2, 0) is 0 Å². The van der Waals surface area contributed by atoms with Crippen LogP contribution in [0.3, 0.4) is 0 Å². The van der Waals surface area contributed by atoms with Gasteiger partial charge in [-0.15, -0.1) is 11.3 Å². The lowest BCUT2D eigenvalue weighted by Crippen LogP contribution is -2.10. The van der Waals surface area contributed by atoms with Crippen molar-refractivity contribution in [3.05, 3.63) is 23.6 Å². The maximum atomic E-state index is 11.4. The molecular weight excluding hydrogens is 292 g/mol. The number of aromatic nitrogens is 4. The van der Waals surface area contributed by atoms with Crippen LogP contribution in [0.5, 0.6) is 5.88 Å². The van der Waals surface area contributed by atoms with Crippen LogP contribution in [-0.4, -0.2) is 32.0 Å². The van der Waals surface area contributed by atoms with Crippen LogP contribution >= 0.6 is 11.3 Å². The highest BCUT2D eigenvalue weighted by Gasteiger charge is 2.21. The number of fused-ring (bicyclic) bond motifs is 1. The molecule has 0 aromatic carbocycles. The molecule has 0 saturated heterocycles. The number of imidazole rings is 1. The Morgan fingerprint density at radius 2 is 2.29 bits per heavy atom. The molecule has 0 unspecified atom stereocenters. The Kier molecular flexibility index (Phi) is 3.18. The molecule has 0 radical (unpaired) electrons. The SMILES string of the molecule is CCOc1nc(-n2ccnc2)nc2sc(C(N)=O)c(N)c12. The van der Waals surface area contributed by atoms with Gasteiger partial charge in [0.2, 0.25) is 11.8 Å². The molecule has 9 heteroatoms. The number of nitrogens with two attached hydrogens (primary N) is 2. The van der Waals surface area contributed by atoms with E-state index >= 15 is 0 Å². The van der Waals surface area contributed by atoms with Gasteiger partial charge in [-0.05, 0) is 6.92 Å². The Balaban J connectivity index is 2.29. The number of thiophene rings is 1. The van der Waals surface area contributed by atoms with Gasteiger partial charge in [0.1, 0.15) is 16.0 Å². The molecule has 0 spiro atoms. The molecular formula is C12H12N6O2S. The predicted octanol–water partition coefficient (Wildman–Crippen LogP) is 0.957. The normalized spacial score (nSPS) is 10.9. The minimum atomic E-state index is -0.595. The van der Waals surface area contributed by atoms with Crippen molar-refractivity contribution in [2.75, 3.05) is 12.3 Å². The maximum Gasteiger partial charge on any atom is 0.260 e. The smallest absolute Gasteiger partial charge is 0.260 e. The molecule has 8 nitrogen and oxygen atoms in total. The van der Waals surface area contributed by atoms with Crippen molar-refractivity contribution in [3.63, 3.8) is 0 Å². The quantitative estimate of drug-likeness (QED) is 0.740. The largest absolute Gasteiger partial charge is 0.477 e. The van der Waals surface area contributed by atoms with E-state index in [1.165, 1.54) is 0 Å². The molecule has 3 aromatic rings. The van der Waals surface area contributed by atoms with Crippen molar-refractivity contribution in [2.24, 2.45) is 5.73 Å². The summed E-state index contributed by atoms with van der Waals surface area (Å²) in [6.45, 7) is 2.25. The lowest BCUT2D eigenvalue weighted by Gasteiger charge is -2.07. The number of rotatable bonds is 4. The minimum Gasteiger partial charge on any atom is -0.477 e. The number of ether oxygens (including phenoxy) is 1. The number of hydrogen-bond donors (Lipinski definition) is 2. The minimum absolute atomic E-state index is 0.253. The zero-order valence-electron chi connectivity index (χ0n) is 11.1. The summed E-state index contributed by atoms with van der Waals surface area (Å²) >= 11 is 1.12. The number of hydrogen-bond acceptors (Lipinski definition) is 7. The second-order valence-electron chi connectivity index (χ2n) is 4.12. The van der Waals surface area contributed by atoms with Crippen molar-refractivity contribution in [2.45, 2.75) is 6.92 Å². The number of nitrogens with zero attached hydrogens (tertiary/aromatic N) is 4. The first-order valence-electron chi connectivity index (χ1n) is 6.12. The highest BCUT2D eigenvalue weighted by atomic mass is 32.1. The average molecular weight is 304 g/mol. The second kappa shape index (κ2) is 5.02. The third-order valence-electron chi connectivity index (χ3n) is 2.78. The third-order valence-corrected chi connectivity index (χ3v) is 3.90. The number of amides is 1. The van der Waals surface area contributed by atoms with Gasteiger partial charge in [0.05, 0.1) is 17.7 Å². The fourth-order valence-corrected chi connectivity index (χ4v) is 2.83. The van der Waals surface area contributed by atoms with Gasteiger partial charge in [-0.2, -0.15) is 4.98 Å². The molecule has 0 atom stereocenters. The highest BCUT2D eigenvalue weighted by molar-refractivity contribution is 7.21. The first kappa shape index (κ1) is 13.3. The van der Waals surface area contributed by atoms with E-state index in [9.17, 15) is 4.79 Å². The summed E-state index contributed by atoms with van der Waals surface area (Å²) in [4.78, 5) is 24.9. The summed E-state index contributed by atoms with van der Waals surface area (Å²) in [5, 5.41) is 0.513. The number of primary amides is 1. The van der Waals surface area contributed by atoms with Crippen LogP contribution in [0, 0.1) is 0 Å². The third kappa shape index (κ3) is 2.17. The number of nitrogen functional groups attached to an aromatic ring is 1. The van der Waals surface area contributed by atoms with Crippen molar-refractivity contribution in [1.82, 2.24) is 19.5 Å². The Morgan fingerprint density at radius 3 is 2.90 bits per heavy atom. The van der Waals surface area contributed by atoms with Crippen LogP contribution in [0.25, 0.3) is 16.2 Å². The van der Waals surface area contributed by atoms with Crippen molar-refractivity contribution in [1.29, 1.82) is 0 Å². The van der Waals surface area contributed by atoms with Crippen LogP contribution in [0.2, 0.25) is 0 Å². The van der Waals surface area contributed by atoms with Gasteiger partial charge >= 0.3 is 0 Å². The Morgan fingerprint density at radius 1 is 1.48 bits per heavy atom. The van der Waals surface area contributed by atoms with Crippen molar-refractivity contribution in [3.8, 4) is 11.8 Å². The number of anilines is 1. The van der Waals surface area contributed by atoms with E-state index in [0.29, 0.717) is 28.7 Å². The van der Waals surface area contributed by atoms with Crippen LogP contribution < -0.4 is 16.2 Å². The summed E-state index contributed by atoms with van der Waals surface area (Å²) in [7, 11) is 0. The fraction of sp³-hybridized carbons (Fsp3) is 0.167. The van der Waals surface area contributed by atoms with E-state index in [1.54, 1.807) is 23.3 Å². The number of carbonyl (C=O) groups excluding carboxylic acids is 1. The Labute approximate surface area is 123 Å². The summed E-state index contributed by atoms with van der Waals surface area (Å²) in [6, 6.07) is 0. The van der Waals surface area contributed by atoms with Gasteiger partial charge in [0.25, 0.3) is 5.91 Å². The predicted molar refractivity (Wildman–Crippen MR) is 78.6 cm³/mol. The van der Waals surface area contributed by atoms with E-state index in [2.05, 4.69) is 15.0 Å².